The van der Waals surface area contributed by atoms with Crippen molar-refractivity contribution < 1.29 is 19.4 Å². The summed E-state index contributed by atoms with van der Waals surface area (Å²) in [5.41, 5.74) is 0.860. The molecule has 4 aromatic rings. The highest BCUT2D eigenvalue weighted by Crippen LogP contribution is 2.26. The Kier molecular flexibility index (Phi) is 6.67. The molecule has 0 aliphatic carbocycles. The van der Waals surface area contributed by atoms with Gasteiger partial charge in [-0.2, -0.15) is 0 Å². The van der Waals surface area contributed by atoms with Gasteiger partial charge in [0.1, 0.15) is 0 Å². The molecule has 146 valence electrons. The summed E-state index contributed by atoms with van der Waals surface area (Å²) in [6.07, 6.45) is 0. The first-order chi connectivity index (χ1) is 13.9. The second-order valence-corrected chi connectivity index (χ2v) is 7.86. The zero-order valence-electron chi connectivity index (χ0n) is 15.4. The Bertz CT molecular complexity index is 1220. The second kappa shape index (κ2) is 9.20. The van der Waals surface area contributed by atoms with E-state index in [0.29, 0.717) is 11.1 Å². The van der Waals surface area contributed by atoms with Gasteiger partial charge in [-0.15, -0.1) is 0 Å². The van der Waals surface area contributed by atoms with Crippen molar-refractivity contribution >= 4 is 65.3 Å². The van der Waals surface area contributed by atoms with E-state index in [1.54, 1.807) is 18.2 Å². The lowest BCUT2D eigenvalue weighted by Gasteiger charge is -2.04. The van der Waals surface area contributed by atoms with E-state index >= 15 is 0 Å². The van der Waals surface area contributed by atoms with Crippen LogP contribution in [0.1, 0.15) is 20.7 Å². The van der Waals surface area contributed by atoms with Gasteiger partial charge >= 0.3 is 11.9 Å². The molecule has 0 fully saturated rings. The predicted octanol–water partition coefficient (Wildman–Crippen LogP) is 6.69. The van der Waals surface area contributed by atoms with Gasteiger partial charge in [-0.1, -0.05) is 80.4 Å². The first-order valence-electron chi connectivity index (χ1n) is 8.59. The number of halogens is 2. The number of ether oxygens (including phenoxy) is 1. The summed E-state index contributed by atoms with van der Waals surface area (Å²) in [6, 6.07) is 22.4. The molecule has 0 radical (unpaired) electrons. The van der Waals surface area contributed by atoms with Gasteiger partial charge in [0.2, 0.25) is 0 Å². The number of carboxylic acids is 1. The van der Waals surface area contributed by atoms with Crippen LogP contribution in [0.15, 0.2) is 81.7 Å². The third-order valence-electron chi connectivity index (χ3n) is 4.29. The minimum absolute atomic E-state index is 0.301. The fourth-order valence-corrected chi connectivity index (χ4v) is 4.10. The minimum Gasteiger partial charge on any atom is -0.478 e. The van der Waals surface area contributed by atoms with E-state index in [4.69, 9.17) is 5.11 Å². The standard InChI is InChI=1S/C12H9BrO2.C11H7BrO2/c1-15-12(14)9-6-8-4-2-3-5-10(8)11(13)7-9;12-10-6-8(11(13)14)5-7-3-1-2-4-9(7)10/h2-7H,1H3;1-6H,(H,13,14). The topological polar surface area (TPSA) is 63.6 Å². The molecule has 29 heavy (non-hydrogen) atoms. The summed E-state index contributed by atoms with van der Waals surface area (Å²) in [4.78, 5) is 22.1. The Morgan fingerprint density at radius 3 is 1.69 bits per heavy atom. The Morgan fingerprint density at radius 2 is 1.21 bits per heavy atom. The SMILES string of the molecule is COC(=O)c1cc(Br)c2ccccc2c1.O=C(O)c1cc(Br)c2ccccc2c1. The fourth-order valence-electron chi connectivity index (χ4n) is 2.89. The Balaban J connectivity index is 0.000000166. The maximum Gasteiger partial charge on any atom is 0.337 e. The van der Waals surface area contributed by atoms with Crippen molar-refractivity contribution in [1.82, 2.24) is 0 Å². The number of hydrogen-bond donors (Lipinski definition) is 1. The van der Waals surface area contributed by atoms with Gasteiger partial charge in [-0.3, -0.25) is 0 Å². The molecule has 0 aliphatic rings. The molecule has 0 bridgehead atoms. The van der Waals surface area contributed by atoms with Crippen molar-refractivity contribution in [2.24, 2.45) is 0 Å². The van der Waals surface area contributed by atoms with Crippen molar-refractivity contribution in [2.45, 2.75) is 0 Å². The van der Waals surface area contributed by atoms with Crippen LogP contribution < -0.4 is 0 Å². The third-order valence-corrected chi connectivity index (χ3v) is 5.60. The molecule has 0 atom stereocenters. The quantitative estimate of drug-likeness (QED) is 0.302. The van der Waals surface area contributed by atoms with Crippen LogP contribution in [-0.2, 0) is 4.74 Å². The van der Waals surface area contributed by atoms with Crippen molar-refractivity contribution in [3.05, 3.63) is 92.9 Å². The molecule has 0 amide bonds. The van der Waals surface area contributed by atoms with E-state index in [1.165, 1.54) is 7.11 Å². The summed E-state index contributed by atoms with van der Waals surface area (Å²) in [5.74, 6) is -1.22. The molecule has 0 unspecified atom stereocenters. The maximum absolute atomic E-state index is 11.4. The van der Waals surface area contributed by atoms with Gasteiger partial charge in [-0.05, 0) is 45.8 Å². The number of esters is 1. The highest BCUT2D eigenvalue weighted by atomic mass is 79.9. The third kappa shape index (κ3) is 4.83. The molecule has 4 nitrogen and oxygen atoms in total. The van der Waals surface area contributed by atoms with E-state index < -0.39 is 5.97 Å². The normalized spacial score (nSPS) is 10.3. The molecular formula is C23H16Br2O4. The van der Waals surface area contributed by atoms with Crippen LogP contribution in [0.5, 0.6) is 0 Å². The number of benzene rings is 4. The van der Waals surface area contributed by atoms with Crippen molar-refractivity contribution in [3.8, 4) is 0 Å². The largest absolute Gasteiger partial charge is 0.478 e. The number of carboxylic acid groups (broad SMARTS) is 1. The van der Waals surface area contributed by atoms with Crippen LogP contribution >= 0.6 is 31.9 Å². The minimum atomic E-state index is -0.906. The van der Waals surface area contributed by atoms with Crippen LogP contribution in [0.4, 0.5) is 0 Å². The van der Waals surface area contributed by atoms with Crippen LogP contribution in [0, 0.1) is 0 Å². The smallest absolute Gasteiger partial charge is 0.337 e. The summed E-state index contributed by atoms with van der Waals surface area (Å²) in [6.45, 7) is 0. The van der Waals surface area contributed by atoms with Gasteiger partial charge in [0.15, 0.2) is 0 Å². The fraction of sp³-hybridized carbons (Fsp3) is 0.0435. The molecular weight excluding hydrogens is 500 g/mol. The Labute approximate surface area is 184 Å². The first-order valence-corrected chi connectivity index (χ1v) is 10.2. The van der Waals surface area contributed by atoms with Crippen LogP contribution in [0.3, 0.4) is 0 Å². The number of rotatable bonds is 2. The van der Waals surface area contributed by atoms with E-state index in [1.807, 2.05) is 54.6 Å². The van der Waals surface area contributed by atoms with Gasteiger partial charge < -0.3 is 9.84 Å². The number of fused-ring (bicyclic) bond motifs is 2. The van der Waals surface area contributed by atoms with Gasteiger partial charge in [0.25, 0.3) is 0 Å². The monoisotopic (exact) mass is 514 g/mol. The average Bonchev–Trinajstić information content (AvgIpc) is 2.73. The van der Waals surface area contributed by atoms with Crippen molar-refractivity contribution in [3.63, 3.8) is 0 Å². The van der Waals surface area contributed by atoms with Gasteiger partial charge in [-0.25, -0.2) is 9.59 Å². The lowest BCUT2D eigenvalue weighted by Crippen LogP contribution is -2.00. The Morgan fingerprint density at radius 1 is 0.759 bits per heavy atom. The summed E-state index contributed by atoms with van der Waals surface area (Å²) >= 11 is 6.79. The van der Waals surface area contributed by atoms with Crippen molar-refractivity contribution in [1.29, 1.82) is 0 Å². The molecule has 6 heteroatoms. The molecule has 0 saturated carbocycles. The lowest BCUT2D eigenvalue weighted by atomic mass is 10.1. The molecule has 0 heterocycles. The summed E-state index contributed by atoms with van der Waals surface area (Å²) in [5, 5.41) is 12.9. The zero-order valence-corrected chi connectivity index (χ0v) is 18.5. The highest BCUT2D eigenvalue weighted by Gasteiger charge is 2.08. The summed E-state index contributed by atoms with van der Waals surface area (Å²) in [7, 11) is 1.38. The molecule has 0 aromatic heterocycles. The molecule has 4 rings (SSSR count). The number of aromatic carboxylic acids is 1. The number of carbonyl (C=O) groups is 2. The molecule has 1 N–H and O–H groups in total. The van der Waals surface area contributed by atoms with Crippen LogP contribution in [0.2, 0.25) is 0 Å². The van der Waals surface area contributed by atoms with E-state index in [0.717, 1.165) is 30.5 Å². The van der Waals surface area contributed by atoms with Gasteiger partial charge in [0.05, 0.1) is 18.2 Å². The molecule has 0 spiro atoms. The van der Waals surface area contributed by atoms with E-state index in [2.05, 4.69) is 36.6 Å². The Hall–Kier alpha value is -2.70. The first kappa shape index (κ1) is 21.0. The molecule has 0 aliphatic heterocycles. The van der Waals surface area contributed by atoms with E-state index in [-0.39, 0.29) is 5.97 Å². The van der Waals surface area contributed by atoms with Crippen LogP contribution in [-0.4, -0.2) is 24.2 Å². The molecule has 0 saturated heterocycles. The predicted molar refractivity (Wildman–Crippen MR) is 122 cm³/mol. The second-order valence-electron chi connectivity index (χ2n) is 6.16. The van der Waals surface area contributed by atoms with Crippen LogP contribution in [0.25, 0.3) is 21.5 Å². The zero-order chi connectivity index (χ0) is 21.0. The maximum atomic E-state index is 11.4. The lowest BCUT2D eigenvalue weighted by molar-refractivity contribution is 0.0600. The van der Waals surface area contributed by atoms with Crippen molar-refractivity contribution in [2.75, 3.05) is 7.11 Å². The summed E-state index contributed by atoms with van der Waals surface area (Å²) < 4.78 is 6.40. The number of methoxy groups -OCH3 is 1. The van der Waals surface area contributed by atoms with E-state index in [9.17, 15) is 9.59 Å². The number of carbonyl (C=O) groups excluding carboxylic acids is 1. The highest BCUT2D eigenvalue weighted by molar-refractivity contribution is 9.11. The average molecular weight is 516 g/mol. The van der Waals surface area contributed by atoms with Gasteiger partial charge in [0, 0.05) is 8.95 Å². The molecule has 4 aromatic carbocycles. The number of hydrogen-bond acceptors (Lipinski definition) is 3.